The summed E-state index contributed by atoms with van der Waals surface area (Å²) in [7, 11) is 0. The van der Waals surface area contributed by atoms with Gasteiger partial charge < -0.3 is 19.5 Å². The Morgan fingerprint density at radius 3 is 2.50 bits per heavy atom. The number of halogens is 4. The summed E-state index contributed by atoms with van der Waals surface area (Å²) in [6.45, 7) is -2.76. The van der Waals surface area contributed by atoms with Crippen molar-refractivity contribution in [3.05, 3.63) is 59.7 Å². The molecule has 172 valence electrons. The first kappa shape index (κ1) is 23.6. The van der Waals surface area contributed by atoms with E-state index in [-0.39, 0.29) is 11.3 Å². The largest absolute Gasteiger partial charge is 0.435 e. The maximum Gasteiger partial charge on any atom is 0.387 e. The van der Waals surface area contributed by atoms with E-state index < -0.39 is 24.9 Å². The molecule has 10 heteroatoms. The molecule has 6 nitrogen and oxygen atoms in total. The highest BCUT2D eigenvalue weighted by molar-refractivity contribution is 6.02. The number of alkyl halides is 4. The lowest BCUT2D eigenvalue weighted by molar-refractivity contribution is -0.111. The Kier molecular flexibility index (Phi) is 8.46. The fourth-order valence-corrected chi connectivity index (χ4v) is 3.15. The molecule has 0 radical (unpaired) electrons. The minimum atomic E-state index is -3.18. The van der Waals surface area contributed by atoms with Gasteiger partial charge in [0.15, 0.2) is 0 Å². The molecule has 1 amide bonds. The molecule has 0 aromatic heterocycles. The van der Waals surface area contributed by atoms with E-state index in [0.717, 1.165) is 30.8 Å². The number of benzene rings is 2. The number of rotatable bonds is 9. The summed E-state index contributed by atoms with van der Waals surface area (Å²) >= 11 is 0. The van der Waals surface area contributed by atoms with Gasteiger partial charge in [-0.1, -0.05) is 18.2 Å². The van der Waals surface area contributed by atoms with Gasteiger partial charge >= 0.3 is 13.2 Å². The average Bonchev–Trinajstić information content (AvgIpc) is 2.74. The number of ether oxygens (including phenoxy) is 3. The van der Waals surface area contributed by atoms with Gasteiger partial charge in [0.2, 0.25) is 5.91 Å². The molecule has 2 aromatic rings. The topological polar surface area (TPSA) is 60.0 Å². The summed E-state index contributed by atoms with van der Waals surface area (Å²) in [5.41, 5.74) is 1.65. The van der Waals surface area contributed by atoms with E-state index in [2.05, 4.69) is 19.7 Å². The zero-order valence-electron chi connectivity index (χ0n) is 17.0. The Morgan fingerprint density at radius 2 is 1.78 bits per heavy atom. The van der Waals surface area contributed by atoms with E-state index in [1.807, 2.05) is 12.1 Å². The van der Waals surface area contributed by atoms with E-state index in [4.69, 9.17) is 4.74 Å². The van der Waals surface area contributed by atoms with E-state index in [0.29, 0.717) is 25.4 Å². The maximum atomic E-state index is 12.7. The second-order valence-electron chi connectivity index (χ2n) is 6.82. The Labute approximate surface area is 182 Å². The number of hydrogen-bond acceptors (Lipinski definition) is 5. The van der Waals surface area contributed by atoms with Gasteiger partial charge in [0, 0.05) is 43.0 Å². The number of anilines is 1. The molecule has 1 aliphatic heterocycles. The Hall–Kier alpha value is -3.11. The van der Waals surface area contributed by atoms with Crippen molar-refractivity contribution in [2.24, 2.45) is 0 Å². The molecule has 1 aliphatic rings. The first-order valence-corrected chi connectivity index (χ1v) is 9.81. The second-order valence-corrected chi connectivity index (χ2v) is 6.82. The van der Waals surface area contributed by atoms with Crippen molar-refractivity contribution in [1.82, 2.24) is 4.90 Å². The molecule has 0 bridgehead atoms. The second kappa shape index (κ2) is 11.5. The Bertz CT molecular complexity index is 934. The van der Waals surface area contributed by atoms with Crippen molar-refractivity contribution in [1.29, 1.82) is 0 Å². The summed E-state index contributed by atoms with van der Waals surface area (Å²) in [6.07, 6.45) is 2.40. The number of morpholine rings is 1. The molecule has 32 heavy (non-hydrogen) atoms. The normalized spacial score (nSPS) is 14.8. The quantitative estimate of drug-likeness (QED) is 0.450. The molecule has 0 unspecified atom stereocenters. The molecular weight excluding hydrogens is 432 g/mol. The summed E-state index contributed by atoms with van der Waals surface area (Å²) in [6, 6.07) is 10.7. The Morgan fingerprint density at radius 1 is 1.06 bits per heavy atom. The number of carbonyl (C=O) groups excluding carboxylic acids is 1. The van der Waals surface area contributed by atoms with Crippen LogP contribution in [-0.4, -0.2) is 50.3 Å². The zero-order chi connectivity index (χ0) is 22.9. The summed E-state index contributed by atoms with van der Waals surface area (Å²) in [4.78, 5) is 14.6. The Balaban J connectivity index is 1.70. The predicted molar refractivity (Wildman–Crippen MR) is 110 cm³/mol. The van der Waals surface area contributed by atoms with Gasteiger partial charge in [0.25, 0.3) is 0 Å². The van der Waals surface area contributed by atoms with Gasteiger partial charge in [0.1, 0.15) is 11.5 Å². The van der Waals surface area contributed by atoms with Crippen LogP contribution < -0.4 is 14.8 Å². The van der Waals surface area contributed by atoms with Gasteiger partial charge in [-0.25, -0.2) is 0 Å². The molecule has 0 saturated carbocycles. The van der Waals surface area contributed by atoms with Crippen molar-refractivity contribution in [2.45, 2.75) is 19.8 Å². The van der Waals surface area contributed by atoms with E-state index in [1.165, 1.54) is 18.2 Å². The third-order valence-corrected chi connectivity index (χ3v) is 4.61. The zero-order valence-corrected chi connectivity index (χ0v) is 17.0. The van der Waals surface area contributed by atoms with Crippen LogP contribution in [0.15, 0.2) is 48.5 Å². The van der Waals surface area contributed by atoms with Crippen molar-refractivity contribution < 1.29 is 36.6 Å². The van der Waals surface area contributed by atoms with E-state index >= 15 is 0 Å². The van der Waals surface area contributed by atoms with E-state index in [9.17, 15) is 22.4 Å². The monoisotopic (exact) mass is 454 g/mol. The number of carbonyl (C=O) groups is 1. The molecule has 1 N–H and O–H groups in total. The molecule has 1 saturated heterocycles. The lowest BCUT2D eigenvalue weighted by atomic mass is 10.1. The fourth-order valence-electron chi connectivity index (χ4n) is 3.15. The first-order chi connectivity index (χ1) is 15.4. The van der Waals surface area contributed by atoms with Gasteiger partial charge in [-0.15, -0.1) is 0 Å². The minimum Gasteiger partial charge on any atom is -0.435 e. The number of nitrogens with one attached hydrogen (secondary N) is 1. The fraction of sp³-hybridized carbons (Fsp3) is 0.318. The molecule has 0 aliphatic carbocycles. The van der Waals surface area contributed by atoms with Crippen LogP contribution in [0, 0.1) is 0 Å². The van der Waals surface area contributed by atoms with Crippen LogP contribution in [0.4, 0.5) is 23.2 Å². The molecule has 2 aromatic carbocycles. The highest BCUT2D eigenvalue weighted by Crippen LogP contribution is 2.28. The van der Waals surface area contributed by atoms with Crippen LogP contribution in [0.3, 0.4) is 0 Å². The molecular formula is C22H22F4N2O4. The lowest BCUT2D eigenvalue weighted by Gasteiger charge is -2.27. The third-order valence-electron chi connectivity index (χ3n) is 4.61. The first-order valence-electron chi connectivity index (χ1n) is 9.81. The number of nitrogens with zero attached hydrogens (tertiary/aromatic N) is 1. The lowest BCUT2D eigenvalue weighted by Crippen LogP contribution is -2.35. The van der Waals surface area contributed by atoms with Crippen LogP contribution in [0.25, 0.3) is 6.08 Å². The maximum absolute atomic E-state index is 12.7. The van der Waals surface area contributed by atoms with Crippen LogP contribution in [0.5, 0.6) is 11.5 Å². The SMILES string of the molecule is O=C(C=Cc1ccc(OC(F)F)cc1OC(F)F)Nc1ccccc1CN1CCOCC1. The van der Waals surface area contributed by atoms with Crippen LogP contribution in [0.2, 0.25) is 0 Å². The van der Waals surface area contributed by atoms with Gasteiger partial charge in [-0.2, -0.15) is 17.6 Å². The number of amides is 1. The molecule has 3 rings (SSSR count). The van der Waals surface area contributed by atoms with Crippen molar-refractivity contribution in [2.75, 3.05) is 31.6 Å². The predicted octanol–water partition coefficient (Wildman–Crippen LogP) is 4.37. The molecule has 0 atom stereocenters. The highest BCUT2D eigenvalue weighted by Gasteiger charge is 2.14. The highest BCUT2D eigenvalue weighted by atomic mass is 19.3. The van der Waals surface area contributed by atoms with Crippen LogP contribution in [0.1, 0.15) is 11.1 Å². The van der Waals surface area contributed by atoms with Crippen LogP contribution >= 0.6 is 0 Å². The van der Waals surface area contributed by atoms with Crippen LogP contribution in [-0.2, 0) is 16.1 Å². The molecule has 1 fully saturated rings. The van der Waals surface area contributed by atoms with Gasteiger partial charge in [-0.05, 0) is 29.8 Å². The van der Waals surface area contributed by atoms with Crippen molar-refractivity contribution in [3.63, 3.8) is 0 Å². The number of para-hydroxylation sites is 1. The van der Waals surface area contributed by atoms with Crippen molar-refractivity contribution in [3.8, 4) is 11.5 Å². The number of hydrogen-bond donors (Lipinski definition) is 1. The molecule has 1 heterocycles. The third kappa shape index (κ3) is 7.24. The summed E-state index contributed by atoms with van der Waals surface area (Å²) < 4.78 is 64.0. The van der Waals surface area contributed by atoms with E-state index in [1.54, 1.807) is 12.1 Å². The standard InChI is InChI=1S/C22H22F4N2O4/c23-21(24)31-17-7-5-15(19(13-17)32-22(25)26)6-8-20(29)27-18-4-2-1-3-16(18)14-28-9-11-30-12-10-28/h1-8,13,21-22H,9-12,14H2,(H,27,29). The van der Waals surface area contributed by atoms with Gasteiger partial charge in [-0.3, -0.25) is 9.69 Å². The summed E-state index contributed by atoms with van der Waals surface area (Å²) in [5.74, 6) is -1.22. The van der Waals surface area contributed by atoms with Crippen molar-refractivity contribution >= 4 is 17.7 Å². The smallest absolute Gasteiger partial charge is 0.387 e. The summed E-state index contributed by atoms with van der Waals surface area (Å²) in [5, 5.41) is 2.77. The average molecular weight is 454 g/mol. The van der Waals surface area contributed by atoms with Gasteiger partial charge in [0.05, 0.1) is 13.2 Å². The molecule has 0 spiro atoms. The minimum absolute atomic E-state index is 0.101.